The number of nitrogens with one attached hydrogen (secondary N) is 1. The van der Waals surface area contributed by atoms with Crippen molar-refractivity contribution >= 4 is 11.9 Å². The summed E-state index contributed by atoms with van der Waals surface area (Å²) in [5, 5.41) is 12.0. The maximum Gasteiger partial charge on any atom is 0.306 e. The molecule has 0 radical (unpaired) electrons. The highest BCUT2D eigenvalue weighted by molar-refractivity contribution is 5.97. The van der Waals surface area contributed by atoms with Gasteiger partial charge in [0.05, 0.1) is 18.1 Å². The molecule has 0 spiro atoms. The van der Waals surface area contributed by atoms with Crippen LogP contribution in [0.5, 0.6) is 5.75 Å². The van der Waals surface area contributed by atoms with Gasteiger partial charge in [-0.15, -0.1) is 0 Å². The molecule has 0 unspecified atom stereocenters. The molecule has 6 heteroatoms. The molecule has 6 nitrogen and oxygen atoms in total. The Hall–Kier alpha value is -2.08. The van der Waals surface area contributed by atoms with E-state index in [0.717, 1.165) is 0 Å². The molecule has 1 amide bonds. The van der Waals surface area contributed by atoms with Gasteiger partial charge in [0.15, 0.2) is 0 Å². The van der Waals surface area contributed by atoms with Gasteiger partial charge in [-0.3, -0.25) is 9.59 Å². The summed E-state index contributed by atoms with van der Waals surface area (Å²) in [7, 11) is 1.59. The maximum atomic E-state index is 12.4. The van der Waals surface area contributed by atoms with Crippen LogP contribution in [0.3, 0.4) is 0 Å². The Labute approximate surface area is 135 Å². The lowest BCUT2D eigenvalue weighted by atomic mass is 9.86. The number of methoxy groups -OCH3 is 1. The zero-order valence-electron chi connectivity index (χ0n) is 13.3. The van der Waals surface area contributed by atoms with Gasteiger partial charge in [-0.2, -0.15) is 0 Å². The minimum Gasteiger partial charge on any atom is -0.490 e. The minimum atomic E-state index is -0.744. The Balaban J connectivity index is 1.92. The second-order valence-electron chi connectivity index (χ2n) is 5.70. The van der Waals surface area contributed by atoms with Crippen molar-refractivity contribution in [3.63, 3.8) is 0 Å². The van der Waals surface area contributed by atoms with E-state index in [2.05, 4.69) is 5.32 Å². The Morgan fingerprint density at radius 1 is 1.17 bits per heavy atom. The van der Waals surface area contributed by atoms with Crippen LogP contribution in [0.4, 0.5) is 0 Å². The third-order valence-corrected chi connectivity index (χ3v) is 4.09. The first-order valence-electron chi connectivity index (χ1n) is 7.86. The summed E-state index contributed by atoms with van der Waals surface area (Å²) in [4.78, 5) is 23.4. The SMILES string of the molecule is COCCOc1ccccc1C(=O)NC1CCC(C(=O)O)CC1. The van der Waals surface area contributed by atoms with Gasteiger partial charge in [-0.1, -0.05) is 12.1 Å². The molecule has 0 aromatic heterocycles. The largest absolute Gasteiger partial charge is 0.490 e. The second kappa shape index (κ2) is 8.53. The van der Waals surface area contributed by atoms with Crippen LogP contribution in [0.2, 0.25) is 0 Å². The Bertz CT molecular complexity index is 538. The van der Waals surface area contributed by atoms with Gasteiger partial charge in [-0.25, -0.2) is 0 Å². The Morgan fingerprint density at radius 3 is 2.52 bits per heavy atom. The van der Waals surface area contributed by atoms with Crippen LogP contribution in [0.1, 0.15) is 36.0 Å². The van der Waals surface area contributed by atoms with E-state index < -0.39 is 5.97 Å². The minimum absolute atomic E-state index is 0.0186. The molecule has 1 aliphatic rings. The van der Waals surface area contributed by atoms with E-state index in [0.29, 0.717) is 50.2 Å². The fourth-order valence-electron chi connectivity index (χ4n) is 2.76. The third-order valence-electron chi connectivity index (χ3n) is 4.09. The molecule has 1 saturated carbocycles. The molecule has 1 fully saturated rings. The number of rotatable bonds is 7. The Kier molecular flexibility index (Phi) is 6.40. The summed E-state index contributed by atoms with van der Waals surface area (Å²) < 4.78 is 10.5. The summed E-state index contributed by atoms with van der Waals surface area (Å²) in [6.07, 6.45) is 2.59. The van der Waals surface area contributed by atoms with Crippen molar-refractivity contribution < 1.29 is 24.2 Å². The molecular formula is C17H23NO5. The number of para-hydroxylation sites is 1. The first-order valence-corrected chi connectivity index (χ1v) is 7.86. The van der Waals surface area contributed by atoms with Crippen molar-refractivity contribution in [1.82, 2.24) is 5.32 Å². The van der Waals surface area contributed by atoms with E-state index in [1.807, 2.05) is 6.07 Å². The van der Waals surface area contributed by atoms with Gasteiger partial charge in [0.25, 0.3) is 5.91 Å². The summed E-state index contributed by atoms with van der Waals surface area (Å²) in [5.74, 6) is -0.683. The smallest absolute Gasteiger partial charge is 0.306 e. The van der Waals surface area contributed by atoms with Gasteiger partial charge in [-0.05, 0) is 37.8 Å². The predicted molar refractivity (Wildman–Crippen MR) is 84.7 cm³/mol. The lowest BCUT2D eigenvalue weighted by Crippen LogP contribution is -2.38. The van der Waals surface area contributed by atoms with Crippen molar-refractivity contribution in [2.45, 2.75) is 31.7 Å². The van der Waals surface area contributed by atoms with Gasteiger partial charge >= 0.3 is 5.97 Å². The molecule has 0 bridgehead atoms. The number of aliphatic carboxylic acids is 1. The van der Waals surface area contributed by atoms with Crippen molar-refractivity contribution in [1.29, 1.82) is 0 Å². The van der Waals surface area contributed by atoms with Gasteiger partial charge < -0.3 is 19.9 Å². The summed E-state index contributed by atoms with van der Waals surface area (Å²) in [6.45, 7) is 0.833. The zero-order valence-corrected chi connectivity index (χ0v) is 13.3. The number of amides is 1. The molecule has 0 heterocycles. The average Bonchev–Trinajstić information content (AvgIpc) is 2.56. The highest BCUT2D eigenvalue weighted by Crippen LogP contribution is 2.25. The van der Waals surface area contributed by atoms with E-state index in [1.54, 1.807) is 25.3 Å². The van der Waals surface area contributed by atoms with Gasteiger partial charge in [0.2, 0.25) is 0 Å². The topological polar surface area (TPSA) is 84.9 Å². The average molecular weight is 321 g/mol. The summed E-state index contributed by atoms with van der Waals surface area (Å²) in [6, 6.07) is 7.10. The van der Waals surface area contributed by atoms with Crippen LogP contribution in [-0.2, 0) is 9.53 Å². The maximum absolute atomic E-state index is 12.4. The van der Waals surface area contributed by atoms with Gasteiger partial charge in [0, 0.05) is 13.2 Å². The molecule has 0 atom stereocenters. The van der Waals surface area contributed by atoms with E-state index in [4.69, 9.17) is 14.6 Å². The van der Waals surface area contributed by atoms with Crippen molar-refractivity contribution in [2.75, 3.05) is 20.3 Å². The number of benzene rings is 1. The second-order valence-corrected chi connectivity index (χ2v) is 5.70. The molecule has 1 aliphatic carbocycles. The first kappa shape index (κ1) is 17.3. The van der Waals surface area contributed by atoms with Gasteiger partial charge in [0.1, 0.15) is 12.4 Å². The van der Waals surface area contributed by atoms with Crippen LogP contribution in [0, 0.1) is 5.92 Å². The zero-order chi connectivity index (χ0) is 16.7. The molecule has 23 heavy (non-hydrogen) atoms. The summed E-state index contributed by atoms with van der Waals surface area (Å²) in [5.41, 5.74) is 0.490. The highest BCUT2D eigenvalue weighted by atomic mass is 16.5. The molecule has 2 N–H and O–H groups in total. The number of hydrogen-bond donors (Lipinski definition) is 2. The normalized spacial score (nSPS) is 20.7. The van der Waals surface area contributed by atoms with E-state index >= 15 is 0 Å². The van der Waals surface area contributed by atoms with Crippen molar-refractivity contribution in [2.24, 2.45) is 5.92 Å². The number of carbonyl (C=O) groups excluding carboxylic acids is 1. The molecule has 0 aliphatic heterocycles. The van der Waals surface area contributed by atoms with Crippen LogP contribution < -0.4 is 10.1 Å². The Morgan fingerprint density at radius 2 is 1.87 bits per heavy atom. The fraction of sp³-hybridized carbons (Fsp3) is 0.529. The van der Waals surface area contributed by atoms with Crippen molar-refractivity contribution in [3.8, 4) is 5.75 Å². The molecule has 1 aromatic carbocycles. The quantitative estimate of drug-likeness (QED) is 0.751. The van der Waals surface area contributed by atoms with Crippen LogP contribution in [-0.4, -0.2) is 43.3 Å². The van der Waals surface area contributed by atoms with Crippen LogP contribution >= 0.6 is 0 Å². The number of carbonyl (C=O) groups is 2. The lowest BCUT2D eigenvalue weighted by molar-refractivity contribution is -0.142. The fourth-order valence-corrected chi connectivity index (χ4v) is 2.76. The molecule has 0 saturated heterocycles. The van der Waals surface area contributed by atoms with Crippen molar-refractivity contribution in [3.05, 3.63) is 29.8 Å². The number of carboxylic acids is 1. The monoisotopic (exact) mass is 321 g/mol. The van der Waals surface area contributed by atoms with E-state index in [1.165, 1.54) is 0 Å². The standard InChI is InChI=1S/C17H23NO5/c1-22-10-11-23-15-5-3-2-4-14(15)16(19)18-13-8-6-12(7-9-13)17(20)21/h2-5,12-13H,6-11H2,1H3,(H,18,19)(H,20,21). The number of carboxylic acid groups (broad SMARTS) is 1. The van der Waals surface area contributed by atoms with Crippen LogP contribution in [0.15, 0.2) is 24.3 Å². The van der Waals surface area contributed by atoms with E-state index in [-0.39, 0.29) is 17.9 Å². The number of ether oxygens (including phenoxy) is 2. The third kappa shape index (κ3) is 4.96. The van der Waals surface area contributed by atoms with E-state index in [9.17, 15) is 9.59 Å². The molecule has 126 valence electrons. The summed E-state index contributed by atoms with van der Waals surface area (Å²) >= 11 is 0. The molecular weight excluding hydrogens is 298 g/mol. The highest BCUT2D eigenvalue weighted by Gasteiger charge is 2.27. The molecule has 1 aromatic rings. The first-order chi connectivity index (χ1) is 11.1. The predicted octanol–water partition coefficient (Wildman–Crippen LogP) is 2.08. The van der Waals surface area contributed by atoms with Crippen LogP contribution in [0.25, 0.3) is 0 Å². The molecule has 2 rings (SSSR count). The number of hydrogen-bond acceptors (Lipinski definition) is 4. The lowest BCUT2D eigenvalue weighted by Gasteiger charge is -2.27.